The fourth-order valence-electron chi connectivity index (χ4n) is 2.65. The van der Waals surface area contributed by atoms with Crippen LogP contribution in [0.4, 0.5) is 8.78 Å². The SMILES string of the molecule is CC1=NO[C@](C)(C(=O)NC2(c3cc(F)ccc3F)CC2)C1. The van der Waals surface area contributed by atoms with E-state index in [2.05, 4.69) is 10.5 Å². The highest BCUT2D eigenvalue weighted by Gasteiger charge is 2.51. The van der Waals surface area contributed by atoms with Crippen molar-refractivity contribution in [3.8, 4) is 0 Å². The van der Waals surface area contributed by atoms with Crippen LogP contribution in [0.3, 0.4) is 0 Å². The van der Waals surface area contributed by atoms with Gasteiger partial charge in [0.15, 0.2) is 0 Å². The quantitative estimate of drug-likeness (QED) is 0.931. The average molecular weight is 294 g/mol. The van der Waals surface area contributed by atoms with Crippen molar-refractivity contribution < 1.29 is 18.4 Å². The normalized spacial score (nSPS) is 26.0. The van der Waals surface area contributed by atoms with E-state index in [4.69, 9.17) is 4.84 Å². The highest BCUT2D eigenvalue weighted by Crippen LogP contribution is 2.47. The molecule has 2 aliphatic rings. The van der Waals surface area contributed by atoms with E-state index < -0.39 is 22.8 Å². The molecule has 0 radical (unpaired) electrons. The second-order valence-electron chi connectivity index (χ2n) is 5.99. The number of hydrogen-bond acceptors (Lipinski definition) is 3. The van der Waals surface area contributed by atoms with Crippen LogP contribution in [0.25, 0.3) is 0 Å². The van der Waals surface area contributed by atoms with E-state index in [1.54, 1.807) is 13.8 Å². The zero-order valence-corrected chi connectivity index (χ0v) is 11.9. The smallest absolute Gasteiger partial charge is 0.267 e. The molecule has 3 rings (SSSR count). The molecule has 0 spiro atoms. The zero-order valence-electron chi connectivity index (χ0n) is 11.9. The molecule has 1 heterocycles. The molecule has 0 unspecified atom stereocenters. The van der Waals surface area contributed by atoms with Crippen molar-refractivity contribution in [2.75, 3.05) is 0 Å². The molecule has 1 aliphatic carbocycles. The Bertz CT molecular complexity index is 641. The summed E-state index contributed by atoms with van der Waals surface area (Å²) >= 11 is 0. The van der Waals surface area contributed by atoms with Crippen molar-refractivity contribution in [1.82, 2.24) is 5.32 Å². The van der Waals surface area contributed by atoms with Crippen LogP contribution in [-0.2, 0) is 15.2 Å². The van der Waals surface area contributed by atoms with Crippen molar-refractivity contribution >= 4 is 11.6 Å². The lowest BCUT2D eigenvalue weighted by atomic mass is 9.97. The molecule has 21 heavy (non-hydrogen) atoms. The van der Waals surface area contributed by atoms with Crippen LogP contribution < -0.4 is 5.32 Å². The minimum absolute atomic E-state index is 0.190. The Balaban J connectivity index is 1.81. The number of nitrogens with zero attached hydrogens (tertiary/aromatic N) is 1. The van der Waals surface area contributed by atoms with Crippen LogP contribution in [0.15, 0.2) is 23.4 Å². The van der Waals surface area contributed by atoms with Gasteiger partial charge in [0.2, 0.25) is 5.60 Å². The van der Waals surface area contributed by atoms with Gasteiger partial charge in [-0.2, -0.15) is 0 Å². The maximum atomic E-state index is 13.9. The highest BCUT2D eigenvalue weighted by atomic mass is 19.1. The molecule has 1 aliphatic heterocycles. The molecule has 1 atom stereocenters. The first-order chi connectivity index (χ1) is 9.85. The minimum Gasteiger partial charge on any atom is -0.379 e. The average Bonchev–Trinajstić information content (AvgIpc) is 3.11. The van der Waals surface area contributed by atoms with Gasteiger partial charge in [-0.25, -0.2) is 8.78 Å². The second kappa shape index (κ2) is 4.51. The monoisotopic (exact) mass is 294 g/mol. The van der Waals surface area contributed by atoms with Gasteiger partial charge in [-0.15, -0.1) is 0 Å². The number of nitrogens with one attached hydrogen (secondary N) is 1. The summed E-state index contributed by atoms with van der Waals surface area (Å²) in [5, 5.41) is 6.60. The fourth-order valence-corrected chi connectivity index (χ4v) is 2.65. The van der Waals surface area contributed by atoms with E-state index in [1.165, 1.54) is 0 Å². The van der Waals surface area contributed by atoms with Gasteiger partial charge in [-0.1, -0.05) is 5.16 Å². The largest absolute Gasteiger partial charge is 0.379 e. The first-order valence-electron chi connectivity index (χ1n) is 6.84. The standard InChI is InChI=1S/C15H16F2N2O2/c1-9-8-14(2,21-19-9)13(20)18-15(5-6-15)11-7-10(16)3-4-12(11)17/h3-4,7H,5-6,8H2,1-2H3,(H,18,20)/t14-/m0/s1. The van der Waals surface area contributed by atoms with E-state index in [0.717, 1.165) is 23.9 Å². The molecule has 112 valence electrons. The van der Waals surface area contributed by atoms with Crippen LogP contribution >= 0.6 is 0 Å². The number of amides is 1. The molecule has 1 fully saturated rings. The molecular weight excluding hydrogens is 278 g/mol. The first kappa shape index (κ1) is 14.0. The number of carbonyl (C=O) groups excluding carboxylic acids is 1. The third-order valence-corrected chi connectivity index (χ3v) is 4.02. The number of hydrogen-bond donors (Lipinski definition) is 1. The summed E-state index contributed by atoms with van der Waals surface area (Å²) < 4.78 is 27.3. The molecule has 4 nitrogen and oxygen atoms in total. The van der Waals surface area contributed by atoms with Gasteiger partial charge in [0.05, 0.1) is 11.3 Å². The van der Waals surface area contributed by atoms with Crippen molar-refractivity contribution in [1.29, 1.82) is 0 Å². The van der Waals surface area contributed by atoms with Gasteiger partial charge < -0.3 is 10.2 Å². The summed E-state index contributed by atoms with van der Waals surface area (Å²) in [6.45, 7) is 3.41. The first-order valence-corrected chi connectivity index (χ1v) is 6.84. The Morgan fingerprint density at radius 1 is 1.38 bits per heavy atom. The van der Waals surface area contributed by atoms with Crippen LogP contribution in [-0.4, -0.2) is 17.2 Å². The van der Waals surface area contributed by atoms with Crippen molar-refractivity contribution in [3.05, 3.63) is 35.4 Å². The topological polar surface area (TPSA) is 50.7 Å². The zero-order chi connectivity index (χ0) is 15.3. The van der Waals surface area contributed by atoms with Gasteiger partial charge in [0.1, 0.15) is 11.6 Å². The molecule has 0 saturated heterocycles. The van der Waals surface area contributed by atoms with Gasteiger partial charge >= 0.3 is 0 Å². The number of halogens is 2. The maximum absolute atomic E-state index is 13.9. The predicted octanol–water partition coefficient (Wildman–Crippen LogP) is 2.63. The summed E-state index contributed by atoms with van der Waals surface area (Å²) in [5.41, 5.74) is -0.986. The van der Waals surface area contributed by atoms with Crippen molar-refractivity contribution in [2.24, 2.45) is 5.16 Å². The predicted molar refractivity (Wildman–Crippen MR) is 72.6 cm³/mol. The summed E-state index contributed by atoms with van der Waals surface area (Å²) in [5.74, 6) is -1.39. The Hall–Kier alpha value is -1.98. The number of carbonyl (C=O) groups is 1. The maximum Gasteiger partial charge on any atom is 0.267 e. The molecule has 1 aromatic carbocycles. The summed E-state index contributed by atoms with van der Waals surface area (Å²) in [6, 6.07) is 3.29. The van der Waals surface area contributed by atoms with E-state index in [1.807, 2.05) is 0 Å². The number of rotatable bonds is 3. The summed E-state index contributed by atoms with van der Waals surface area (Å²) in [4.78, 5) is 17.6. The molecule has 1 aromatic rings. The van der Waals surface area contributed by atoms with Crippen LogP contribution in [0, 0.1) is 11.6 Å². The highest BCUT2D eigenvalue weighted by molar-refractivity contribution is 5.94. The van der Waals surface area contributed by atoms with Crippen LogP contribution in [0.2, 0.25) is 0 Å². The lowest BCUT2D eigenvalue weighted by Gasteiger charge is -2.25. The van der Waals surface area contributed by atoms with Crippen LogP contribution in [0.1, 0.15) is 38.7 Å². The minimum atomic E-state index is -1.08. The third-order valence-electron chi connectivity index (χ3n) is 4.02. The van der Waals surface area contributed by atoms with Gasteiger partial charge in [0, 0.05) is 12.0 Å². The molecule has 1 saturated carbocycles. The molecule has 0 aromatic heterocycles. The molecule has 0 bridgehead atoms. The second-order valence-corrected chi connectivity index (χ2v) is 5.99. The Morgan fingerprint density at radius 2 is 2.10 bits per heavy atom. The fraction of sp³-hybridized carbons (Fsp3) is 0.467. The number of oxime groups is 1. The molecule has 1 N–H and O–H groups in total. The Kier molecular flexibility index (Phi) is 3.00. The summed E-state index contributed by atoms with van der Waals surface area (Å²) in [6.07, 6.45) is 1.55. The van der Waals surface area contributed by atoms with Gasteiger partial charge in [-0.3, -0.25) is 4.79 Å². The lowest BCUT2D eigenvalue weighted by molar-refractivity contribution is -0.142. The molecule has 1 amide bonds. The van der Waals surface area contributed by atoms with Crippen molar-refractivity contribution in [2.45, 2.75) is 44.2 Å². The number of benzene rings is 1. The van der Waals surface area contributed by atoms with E-state index in [0.29, 0.717) is 19.3 Å². The van der Waals surface area contributed by atoms with Crippen LogP contribution in [0.5, 0.6) is 0 Å². The van der Waals surface area contributed by atoms with E-state index in [-0.39, 0.29) is 11.5 Å². The van der Waals surface area contributed by atoms with E-state index in [9.17, 15) is 13.6 Å². The Labute approximate surface area is 121 Å². The Morgan fingerprint density at radius 3 is 2.67 bits per heavy atom. The third kappa shape index (κ3) is 2.39. The van der Waals surface area contributed by atoms with Crippen molar-refractivity contribution in [3.63, 3.8) is 0 Å². The van der Waals surface area contributed by atoms with Gasteiger partial charge in [-0.05, 0) is 44.9 Å². The lowest BCUT2D eigenvalue weighted by Crippen LogP contribution is -2.49. The van der Waals surface area contributed by atoms with E-state index >= 15 is 0 Å². The molecule has 6 heteroatoms. The molecular formula is C15H16F2N2O2. The van der Waals surface area contributed by atoms with Gasteiger partial charge in [0.25, 0.3) is 5.91 Å². The summed E-state index contributed by atoms with van der Waals surface area (Å²) in [7, 11) is 0.